The highest BCUT2D eigenvalue weighted by molar-refractivity contribution is 5.80. The van der Waals surface area contributed by atoms with Crippen molar-refractivity contribution < 1.29 is 14.3 Å². The zero-order chi connectivity index (χ0) is 12.6. The second-order valence-corrected chi connectivity index (χ2v) is 4.84. The fourth-order valence-electron chi connectivity index (χ4n) is 2.46. The van der Waals surface area contributed by atoms with Crippen molar-refractivity contribution in [2.75, 3.05) is 11.9 Å². The van der Waals surface area contributed by atoms with Crippen LogP contribution in [0, 0.1) is 17.7 Å². The number of rotatable bonds is 2. The van der Waals surface area contributed by atoms with Crippen LogP contribution in [0.25, 0.3) is 0 Å². The van der Waals surface area contributed by atoms with Crippen molar-refractivity contribution >= 4 is 11.7 Å². The van der Waals surface area contributed by atoms with E-state index in [9.17, 15) is 14.3 Å². The van der Waals surface area contributed by atoms with Crippen molar-refractivity contribution in [3.05, 3.63) is 29.6 Å². The van der Waals surface area contributed by atoms with Crippen LogP contribution in [-0.4, -0.2) is 17.6 Å². The average Bonchev–Trinajstić information content (AvgIpc) is 2.26. The molecule has 2 unspecified atom stereocenters. The van der Waals surface area contributed by atoms with Gasteiger partial charge in [0, 0.05) is 12.2 Å². The molecule has 0 radical (unpaired) electrons. The Kier molecular flexibility index (Phi) is 3.05. The topological polar surface area (TPSA) is 49.3 Å². The smallest absolute Gasteiger partial charge is 0.311 e. The zero-order valence-corrected chi connectivity index (χ0v) is 9.90. The summed E-state index contributed by atoms with van der Waals surface area (Å²) in [5.41, 5.74) is 1.29. The Morgan fingerprint density at radius 1 is 1.53 bits per heavy atom. The predicted molar refractivity (Wildman–Crippen MR) is 63.6 cm³/mol. The minimum atomic E-state index is -0.878. The summed E-state index contributed by atoms with van der Waals surface area (Å²) in [5.74, 6) is -1.66. The quantitative estimate of drug-likeness (QED) is 0.831. The highest BCUT2D eigenvalue weighted by Crippen LogP contribution is 2.39. The average molecular weight is 237 g/mol. The molecule has 0 bridgehead atoms. The molecule has 1 heterocycles. The molecule has 0 saturated carbocycles. The lowest BCUT2D eigenvalue weighted by Gasteiger charge is -2.34. The Bertz CT molecular complexity index is 445. The number of carboxylic acids is 1. The summed E-state index contributed by atoms with van der Waals surface area (Å²) >= 11 is 0. The molecule has 17 heavy (non-hydrogen) atoms. The summed E-state index contributed by atoms with van der Waals surface area (Å²) < 4.78 is 13.2. The van der Waals surface area contributed by atoms with Gasteiger partial charge in [0.25, 0.3) is 0 Å². The maximum Gasteiger partial charge on any atom is 0.311 e. The molecule has 3 nitrogen and oxygen atoms in total. The standard InChI is InChI=1S/C13H16FNO2/c1-7(2)10-6-15-11-4-3-8(14)5-9(11)12(10)13(16)17/h3-5,7,10,12,15H,6H2,1-2H3,(H,16,17). The number of carbonyl (C=O) groups is 1. The highest BCUT2D eigenvalue weighted by atomic mass is 19.1. The number of benzene rings is 1. The van der Waals surface area contributed by atoms with E-state index in [1.807, 2.05) is 13.8 Å². The Labute approximate surface area is 99.7 Å². The van der Waals surface area contributed by atoms with Crippen LogP contribution >= 0.6 is 0 Å². The number of anilines is 1. The fourth-order valence-corrected chi connectivity index (χ4v) is 2.46. The van der Waals surface area contributed by atoms with E-state index in [-0.39, 0.29) is 17.7 Å². The molecule has 4 heteroatoms. The molecular weight excluding hydrogens is 221 g/mol. The Hall–Kier alpha value is -1.58. The second-order valence-electron chi connectivity index (χ2n) is 4.84. The van der Waals surface area contributed by atoms with E-state index in [1.54, 1.807) is 6.07 Å². The number of hydrogen-bond acceptors (Lipinski definition) is 2. The van der Waals surface area contributed by atoms with E-state index in [0.29, 0.717) is 12.1 Å². The van der Waals surface area contributed by atoms with Crippen LogP contribution in [0.1, 0.15) is 25.3 Å². The lowest BCUT2D eigenvalue weighted by Crippen LogP contribution is -2.35. The minimum Gasteiger partial charge on any atom is -0.481 e. The molecule has 0 amide bonds. The monoisotopic (exact) mass is 237 g/mol. The fraction of sp³-hybridized carbons (Fsp3) is 0.462. The highest BCUT2D eigenvalue weighted by Gasteiger charge is 2.36. The van der Waals surface area contributed by atoms with Crippen LogP contribution in [0.3, 0.4) is 0 Å². The first kappa shape index (κ1) is 11.9. The van der Waals surface area contributed by atoms with Gasteiger partial charge >= 0.3 is 5.97 Å². The molecule has 2 atom stereocenters. The molecule has 1 aromatic carbocycles. The van der Waals surface area contributed by atoms with Gasteiger partial charge < -0.3 is 10.4 Å². The molecule has 0 aliphatic carbocycles. The van der Waals surface area contributed by atoms with Crippen molar-refractivity contribution in [1.82, 2.24) is 0 Å². The molecule has 0 aromatic heterocycles. The van der Waals surface area contributed by atoms with Gasteiger partial charge in [-0.05, 0) is 35.6 Å². The third-order valence-corrected chi connectivity index (χ3v) is 3.43. The molecule has 2 rings (SSSR count). The maximum atomic E-state index is 13.2. The molecule has 1 aromatic rings. The first-order valence-corrected chi connectivity index (χ1v) is 5.77. The van der Waals surface area contributed by atoms with Crippen LogP contribution in [0.5, 0.6) is 0 Å². The largest absolute Gasteiger partial charge is 0.481 e. The third kappa shape index (κ3) is 2.12. The molecule has 0 fully saturated rings. The van der Waals surface area contributed by atoms with Gasteiger partial charge in [0.1, 0.15) is 5.82 Å². The molecular formula is C13H16FNO2. The lowest BCUT2D eigenvalue weighted by molar-refractivity contribution is -0.140. The Morgan fingerprint density at radius 2 is 2.24 bits per heavy atom. The van der Waals surface area contributed by atoms with E-state index in [2.05, 4.69) is 5.32 Å². The Balaban J connectivity index is 2.48. The summed E-state index contributed by atoms with van der Waals surface area (Å²) in [6.07, 6.45) is 0. The van der Waals surface area contributed by atoms with Gasteiger partial charge in [0.15, 0.2) is 0 Å². The number of hydrogen-bond donors (Lipinski definition) is 2. The second kappa shape index (κ2) is 4.35. The van der Waals surface area contributed by atoms with Crippen molar-refractivity contribution in [3.63, 3.8) is 0 Å². The van der Waals surface area contributed by atoms with Gasteiger partial charge in [0.2, 0.25) is 0 Å². The molecule has 1 aliphatic heterocycles. The van der Waals surface area contributed by atoms with Crippen molar-refractivity contribution in [3.8, 4) is 0 Å². The van der Waals surface area contributed by atoms with Crippen molar-refractivity contribution in [1.29, 1.82) is 0 Å². The van der Waals surface area contributed by atoms with E-state index >= 15 is 0 Å². The molecule has 0 saturated heterocycles. The van der Waals surface area contributed by atoms with Crippen molar-refractivity contribution in [2.24, 2.45) is 11.8 Å². The minimum absolute atomic E-state index is 0.0122. The Morgan fingerprint density at radius 3 is 2.82 bits per heavy atom. The number of nitrogens with one attached hydrogen (secondary N) is 1. The number of aliphatic carboxylic acids is 1. The van der Waals surface area contributed by atoms with Crippen LogP contribution in [0.4, 0.5) is 10.1 Å². The predicted octanol–water partition coefficient (Wildman–Crippen LogP) is 2.69. The van der Waals surface area contributed by atoms with Gasteiger partial charge in [0.05, 0.1) is 5.92 Å². The van der Waals surface area contributed by atoms with Gasteiger partial charge in [-0.2, -0.15) is 0 Å². The van der Waals surface area contributed by atoms with Gasteiger partial charge in [-0.3, -0.25) is 4.79 Å². The summed E-state index contributed by atoms with van der Waals surface area (Å²) in [4.78, 5) is 11.4. The normalized spacial score (nSPS) is 23.1. The van der Waals surface area contributed by atoms with Gasteiger partial charge in [-0.15, -0.1) is 0 Å². The number of halogens is 1. The van der Waals surface area contributed by atoms with Crippen LogP contribution in [0.2, 0.25) is 0 Å². The third-order valence-electron chi connectivity index (χ3n) is 3.43. The summed E-state index contributed by atoms with van der Waals surface area (Å²) in [6.45, 7) is 4.60. The zero-order valence-electron chi connectivity index (χ0n) is 9.90. The van der Waals surface area contributed by atoms with Crippen LogP contribution in [-0.2, 0) is 4.79 Å². The molecule has 1 aliphatic rings. The first-order chi connectivity index (χ1) is 8.00. The number of fused-ring (bicyclic) bond motifs is 1. The van der Waals surface area contributed by atoms with E-state index < -0.39 is 11.9 Å². The van der Waals surface area contributed by atoms with Gasteiger partial charge in [-0.1, -0.05) is 13.8 Å². The maximum absolute atomic E-state index is 13.2. The summed E-state index contributed by atoms with van der Waals surface area (Å²) in [6, 6.07) is 4.28. The van der Waals surface area contributed by atoms with Crippen LogP contribution < -0.4 is 5.32 Å². The summed E-state index contributed by atoms with van der Waals surface area (Å²) in [7, 11) is 0. The SMILES string of the molecule is CC(C)C1CNc2ccc(F)cc2C1C(=O)O. The van der Waals surface area contributed by atoms with Crippen LogP contribution in [0.15, 0.2) is 18.2 Å². The summed E-state index contributed by atoms with van der Waals surface area (Å²) in [5, 5.41) is 12.5. The van der Waals surface area contributed by atoms with E-state index in [0.717, 1.165) is 5.69 Å². The first-order valence-electron chi connectivity index (χ1n) is 5.77. The van der Waals surface area contributed by atoms with Crippen molar-refractivity contribution in [2.45, 2.75) is 19.8 Å². The lowest BCUT2D eigenvalue weighted by atomic mass is 9.76. The van der Waals surface area contributed by atoms with E-state index in [4.69, 9.17) is 0 Å². The number of carboxylic acid groups (broad SMARTS) is 1. The van der Waals surface area contributed by atoms with Gasteiger partial charge in [-0.25, -0.2) is 4.39 Å². The van der Waals surface area contributed by atoms with E-state index in [1.165, 1.54) is 12.1 Å². The molecule has 2 N–H and O–H groups in total. The molecule has 92 valence electrons. The molecule has 0 spiro atoms.